The topological polar surface area (TPSA) is 110 Å². The van der Waals surface area contributed by atoms with Gasteiger partial charge in [-0.2, -0.15) is 0 Å². The number of aromatic nitrogens is 2. The van der Waals surface area contributed by atoms with Gasteiger partial charge in [0.25, 0.3) is 0 Å². The number of rotatable bonds is 5. The molecule has 6 heteroatoms. The summed E-state index contributed by atoms with van der Waals surface area (Å²) in [5.41, 5.74) is 0.326. The Balaban J connectivity index is 2.70. The zero-order valence-electron chi connectivity index (χ0n) is 8.46. The molecule has 1 aromatic heterocycles. The first-order valence-corrected chi connectivity index (χ1v) is 4.79. The molecule has 1 heterocycles. The third-order valence-electron chi connectivity index (χ3n) is 2.21. The Bertz CT molecular complexity index is 302. The number of aliphatic hydroxyl groups excluding tert-OH is 4. The van der Waals surface area contributed by atoms with Gasteiger partial charge in [-0.25, -0.2) is 4.98 Å². The van der Waals surface area contributed by atoms with Crippen LogP contribution in [0.25, 0.3) is 0 Å². The van der Waals surface area contributed by atoms with Gasteiger partial charge in [-0.05, 0) is 0 Å². The van der Waals surface area contributed by atoms with Gasteiger partial charge in [0, 0.05) is 6.42 Å². The molecule has 0 radical (unpaired) electrons. The standard InChI is InChI=1S/C9H16N2O4/c1-2-7-10-3-5(11-7)8(14)9(15)6(13)4-12/h3,6,8-9,12-15H,2,4H2,1H3,(H,10,11)/t6-,8-,9-/m1/s1. The fourth-order valence-corrected chi connectivity index (χ4v) is 1.21. The largest absolute Gasteiger partial charge is 0.394 e. The number of H-pyrrole nitrogens is 1. The number of nitrogens with zero attached hydrogens (tertiary/aromatic N) is 1. The van der Waals surface area contributed by atoms with Crippen LogP contribution in [0, 0.1) is 0 Å². The van der Waals surface area contributed by atoms with E-state index in [1.54, 1.807) is 0 Å². The maximum Gasteiger partial charge on any atom is 0.124 e. The lowest BCUT2D eigenvalue weighted by molar-refractivity contribution is -0.0788. The van der Waals surface area contributed by atoms with E-state index < -0.39 is 24.9 Å². The highest BCUT2D eigenvalue weighted by Gasteiger charge is 2.26. The van der Waals surface area contributed by atoms with E-state index in [0.29, 0.717) is 17.9 Å². The maximum absolute atomic E-state index is 9.61. The van der Waals surface area contributed by atoms with Crippen LogP contribution in [0.2, 0.25) is 0 Å². The lowest BCUT2D eigenvalue weighted by Gasteiger charge is -2.20. The van der Waals surface area contributed by atoms with E-state index in [1.807, 2.05) is 6.92 Å². The molecule has 0 spiro atoms. The molecule has 0 saturated carbocycles. The minimum Gasteiger partial charge on any atom is -0.394 e. The van der Waals surface area contributed by atoms with Crippen molar-refractivity contribution in [1.29, 1.82) is 0 Å². The van der Waals surface area contributed by atoms with E-state index in [2.05, 4.69) is 9.97 Å². The van der Waals surface area contributed by atoms with Crippen LogP contribution in [0.5, 0.6) is 0 Å². The molecule has 0 fully saturated rings. The number of hydrogen-bond acceptors (Lipinski definition) is 5. The average molecular weight is 216 g/mol. The van der Waals surface area contributed by atoms with Crippen molar-refractivity contribution in [1.82, 2.24) is 9.97 Å². The molecule has 0 saturated heterocycles. The van der Waals surface area contributed by atoms with E-state index in [0.717, 1.165) is 0 Å². The molecular weight excluding hydrogens is 200 g/mol. The molecule has 6 nitrogen and oxygen atoms in total. The second-order valence-corrected chi connectivity index (χ2v) is 3.32. The van der Waals surface area contributed by atoms with Crippen molar-refractivity contribution in [2.45, 2.75) is 31.7 Å². The highest BCUT2D eigenvalue weighted by Crippen LogP contribution is 2.17. The van der Waals surface area contributed by atoms with Crippen molar-refractivity contribution >= 4 is 0 Å². The molecule has 3 atom stereocenters. The molecule has 15 heavy (non-hydrogen) atoms. The summed E-state index contributed by atoms with van der Waals surface area (Å²) in [5, 5.41) is 36.8. The summed E-state index contributed by atoms with van der Waals surface area (Å²) in [5.74, 6) is 0.690. The zero-order valence-corrected chi connectivity index (χ0v) is 8.46. The number of hydrogen-bond donors (Lipinski definition) is 5. The van der Waals surface area contributed by atoms with Gasteiger partial charge in [-0.15, -0.1) is 0 Å². The van der Waals surface area contributed by atoms with Crippen molar-refractivity contribution in [2.75, 3.05) is 6.61 Å². The summed E-state index contributed by atoms with van der Waals surface area (Å²) in [6.45, 7) is 1.29. The SMILES string of the molecule is CCc1ncc([C@@H](O)[C@H](O)[C@H](O)CO)[nH]1. The molecule has 0 aromatic carbocycles. The van der Waals surface area contributed by atoms with Gasteiger partial charge in [0.2, 0.25) is 0 Å². The Morgan fingerprint density at radius 2 is 2.07 bits per heavy atom. The normalized spacial score (nSPS) is 17.4. The van der Waals surface area contributed by atoms with E-state index in [9.17, 15) is 10.2 Å². The minimum atomic E-state index is -1.43. The highest BCUT2D eigenvalue weighted by molar-refractivity contribution is 5.07. The number of imidazole rings is 1. The third kappa shape index (κ3) is 2.75. The van der Waals surface area contributed by atoms with Gasteiger partial charge >= 0.3 is 0 Å². The van der Waals surface area contributed by atoms with E-state index in [-0.39, 0.29) is 0 Å². The van der Waals surface area contributed by atoms with Crippen LogP contribution in [-0.2, 0) is 6.42 Å². The number of aliphatic hydroxyl groups is 4. The second kappa shape index (κ2) is 5.22. The van der Waals surface area contributed by atoms with Crippen LogP contribution >= 0.6 is 0 Å². The molecule has 0 bridgehead atoms. The van der Waals surface area contributed by atoms with Gasteiger partial charge in [-0.1, -0.05) is 6.92 Å². The van der Waals surface area contributed by atoms with Gasteiger partial charge < -0.3 is 25.4 Å². The molecule has 0 unspecified atom stereocenters. The average Bonchev–Trinajstić information content (AvgIpc) is 2.74. The fourth-order valence-electron chi connectivity index (χ4n) is 1.21. The number of aryl methyl sites for hydroxylation is 1. The molecule has 1 aromatic rings. The minimum absolute atomic E-state index is 0.326. The maximum atomic E-state index is 9.61. The molecule has 1 rings (SSSR count). The van der Waals surface area contributed by atoms with E-state index in [4.69, 9.17) is 10.2 Å². The second-order valence-electron chi connectivity index (χ2n) is 3.32. The lowest BCUT2D eigenvalue weighted by atomic mass is 10.1. The Labute approximate surface area is 87.2 Å². The van der Waals surface area contributed by atoms with Crippen molar-refractivity contribution in [3.05, 3.63) is 17.7 Å². The predicted octanol–water partition coefficient (Wildman–Crippen LogP) is -1.28. The Morgan fingerprint density at radius 1 is 1.40 bits per heavy atom. The van der Waals surface area contributed by atoms with Crippen LogP contribution in [0.3, 0.4) is 0 Å². The van der Waals surface area contributed by atoms with Crippen molar-refractivity contribution in [3.8, 4) is 0 Å². The highest BCUT2D eigenvalue weighted by atomic mass is 16.4. The molecule has 0 amide bonds. The number of aromatic amines is 1. The molecule has 5 N–H and O–H groups in total. The Morgan fingerprint density at radius 3 is 2.53 bits per heavy atom. The van der Waals surface area contributed by atoms with Crippen molar-refractivity contribution < 1.29 is 20.4 Å². The zero-order chi connectivity index (χ0) is 11.4. The van der Waals surface area contributed by atoms with Gasteiger partial charge in [0.05, 0.1) is 18.5 Å². The van der Waals surface area contributed by atoms with Gasteiger partial charge in [0.1, 0.15) is 24.1 Å². The van der Waals surface area contributed by atoms with Crippen LogP contribution in [0.1, 0.15) is 24.5 Å². The summed E-state index contributed by atoms with van der Waals surface area (Å²) >= 11 is 0. The summed E-state index contributed by atoms with van der Waals surface area (Å²) in [6, 6.07) is 0. The summed E-state index contributed by atoms with van der Waals surface area (Å²) < 4.78 is 0. The van der Waals surface area contributed by atoms with Gasteiger partial charge in [-0.3, -0.25) is 0 Å². The van der Waals surface area contributed by atoms with Crippen LogP contribution in [0.4, 0.5) is 0 Å². The first kappa shape index (κ1) is 12.1. The van der Waals surface area contributed by atoms with Crippen molar-refractivity contribution in [2.24, 2.45) is 0 Å². The Kier molecular flexibility index (Phi) is 4.22. The monoisotopic (exact) mass is 216 g/mol. The smallest absolute Gasteiger partial charge is 0.124 e. The molecule has 86 valence electrons. The Hall–Kier alpha value is -0.950. The molecule has 0 aliphatic carbocycles. The quantitative estimate of drug-likeness (QED) is 0.421. The first-order chi connectivity index (χ1) is 7.10. The molecule has 0 aliphatic rings. The van der Waals surface area contributed by atoms with Crippen LogP contribution in [0.15, 0.2) is 6.20 Å². The lowest BCUT2D eigenvalue weighted by Crippen LogP contribution is -2.34. The summed E-state index contributed by atoms with van der Waals surface area (Å²) in [4.78, 5) is 6.76. The van der Waals surface area contributed by atoms with Crippen LogP contribution < -0.4 is 0 Å². The van der Waals surface area contributed by atoms with Crippen LogP contribution in [-0.4, -0.2) is 49.2 Å². The summed E-state index contributed by atoms with van der Waals surface area (Å²) in [7, 11) is 0. The molecule has 0 aliphatic heterocycles. The van der Waals surface area contributed by atoms with Crippen molar-refractivity contribution in [3.63, 3.8) is 0 Å². The predicted molar refractivity (Wildman–Crippen MR) is 52.0 cm³/mol. The fraction of sp³-hybridized carbons (Fsp3) is 0.667. The third-order valence-corrected chi connectivity index (χ3v) is 2.21. The molecular formula is C9H16N2O4. The van der Waals surface area contributed by atoms with E-state index >= 15 is 0 Å². The summed E-state index contributed by atoms with van der Waals surface area (Å²) in [6.07, 6.45) is -1.99. The first-order valence-electron chi connectivity index (χ1n) is 4.79. The number of nitrogens with one attached hydrogen (secondary N) is 1. The van der Waals surface area contributed by atoms with E-state index in [1.165, 1.54) is 6.20 Å². The van der Waals surface area contributed by atoms with Gasteiger partial charge in [0.15, 0.2) is 0 Å².